The molecule has 2 aromatic rings. The number of alkyl halides is 3. The zero-order valence-corrected chi connectivity index (χ0v) is 10.6. The van der Waals surface area contributed by atoms with Crippen LogP contribution in [0.4, 0.5) is 18.9 Å². The van der Waals surface area contributed by atoms with Gasteiger partial charge in [-0.3, -0.25) is 9.59 Å². The number of oxazole rings is 1. The molecule has 1 aromatic carbocycles. The highest BCUT2D eigenvalue weighted by atomic mass is 19.4. The van der Waals surface area contributed by atoms with Crippen LogP contribution in [0, 0.1) is 5.92 Å². The molecule has 0 radical (unpaired) electrons. The van der Waals surface area contributed by atoms with Crippen molar-refractivity contribution in [1.82, 2.24) is 4.98 Å². The summed E-state index contributed by atoms with van der Waals surface area (Å²) < 4.78 is 41.9. The van der Waals surface area contributed by atoms with Gasteiger partial charge in [0, 0.05) is 5.69 Å². The first-order valence-corrected chi connectivity index (χ1v) is 5.70. The number of rotatable bonds is 3. The number of benzene rings is 1. The number of fused-ring (bicyclic) bond motifs is 1. The van der Waals surface area contributed by atoms with Crippen molar-refractivity contribution < 1.29 is 32.3 Å². The van der Waals surface area contributed by atoms with Crippen LogP contribution in [-0.4, -0.2) is 22.0 Å². The number of carbonyl (C=O) groups is 2. The number of anilines is 1. The van der Waals surface area contributed by atoms with Gasteiger partial charge in [0.25, 0.3) is 0 Å². The molecule has 0 aliphatic rings. The van der Waals surface area contributed by atoms with Gasteiger partial charge in [0.2, 0.25) is 5.91 Å². The van der Waals surface area contributed by atoms with E-state index < -0.39 is 29.9 Å². The molecule has 1 atom stereocenters. The van der Waals surface area contributed by atoms with Crippen molar-refractivity contribution in [2.45, 2.75) is 13.1 Å². The maximum atomic E-state index is 12.4. The van der Waals surface area contributed by atoms with E-state index in [4.69, 9.17) is 5.11 Å². The average molecular weight is 302 g/mol. The third-order valence-electron chi connectivity index (χ3n) is 2.66. The molecule has 1 amide bonds. The molecule has 0 saturated carbocycles. The summed E-state index contributed by atoms with van der Waals surface area (Å²) in [6.07, 6.45) is -4.71. The van der Waals surface area contributed by atoms with E-state index in [1.165, 1.54) is 25.1 Å². The Morgan fingerprint density at radius 3 is 2.62 bits per heavy atom. The predicted octanol–water partition coefficient (Wildman–Crippen LogP) is 2.51. The van der Waals surface area contributed by atoms with Crippen LogP contribution in [0.1, 0.15) is 12.8 Å². The molecule has 1 unspecified atom stereocenters. The Labute approximate surface area is 115 Å². The van der Waals surface area contributed by atoms with Crippen molar-refractivity contribution in [3.63, 3.8) is 0 Å². The molecule has 9 heteroatoms. The summed E-state index contributed by atoms with van der Waals surface area (Å²) in [5.74, 6) is -4.78. The fourth-order valence-electron chi connectivity index (χ4n) is 1.49. The van der Waals surface area contributed by atoms with Crippen LogP contribution in [0.3, 0.4) is 0 Å². The fraction of sp³-hybridized carbons (Fsp3) is 0.250. The van der Waals surface area contributed by atoms with E-state index in [2.05, 4.69) is 14.7 Å². The van der Waals surface area contributed by atoms with Gasteiger partial charge in [0.15, 0.2) is 5.58 Å². The number of carbonyl (C=O) groups excluding carboxylic acids is 1. The molecule has 112 valence electrons. The number of aliphatic carboxylic acids is 1. The second kappa shape index (κ2) is 5.08. The molecule has 0 saturated heterocycles. The summed E-state index contributed by atoms with van der Waals surface area (Å²) in [6.45, 7) is 1.19. The highest BCUT2D eigenvalue weighted by Gasteiger charge is 2.37. The SMILES string of the molecule is CC(C(=O)O)C(=O)Nc1ccc2oc(C(F)(F)F)nc2c1. The van der Waals surface area contributed by atoms with Crippen LogP contribution >= 0.6 is 0 Å². The second-order valence-electron chi connectivity index (χ2n) is 4.25. The topological polar surface area (TPSA) is 92.4 Å². The van der Waals surface area contributed by atoms with Crippen LogP contribution in [0.15, 0.2) is 22.6 Å². The number of hydrogen-bond acceptors (Lipinski definition) is 4. The lowest BCUT2D eigenvalue weighted by molar-refractivity contribution is -0.156. The molecule has 2 N–H and O–H groups in total. The van der Waals surface area contributed by atoms with Crippen molar-refractivity contribution in [3.8, 4) is 0 Å². The van der Waals surface area contributed by atoms with Crippen LogP contribution in [0.5, 0.6) is 0 Å². The molecule has 1 heterocycles. The Morgan fingerprint density at radius 1 is 1.38 bits per heavy atom. The fourth-order valence-corrected chi connectivity index (χ4v) is 1.49. The van der Waals surface area contributed by atoms with Gasteiger partial charge in [0.05, 0.1) is 0 Å². The zero-order valence-electron chi connectivity index (χ0n) is 10.6. The minimum atomic E-state index is -4.71. The lowest BCUT2D eigenvalue weighted by Crippen LogP contribution is -2.26. The number of aromatic nitrogens is 1. The molecule has 1 aromatic heterocycles. The molecular formula is C12H9F3N2O4. The number of halogens is 3. The summed E-state index contributed by atoms with van der Waals surface area (Å²) in [5.41, 5.74) is -0.0580. The standard InChI is InChI=1S/C12H9F3N2O4/c1-5(10(19)20)9(18)16-6-2-3-8-7(4-6)17-11(21-8)12(13,14)15/h2-5H,1H3,(H,16,18)(H,19,20). The van der Waals surface area contributed by atoms with Crippen LogP contribution in [0.25, 0.3) is 11.1 Å². The molecular weight excluding hydrogens is 293 g/mol. The Kier molecular flexibility index (Phi) is 3.58. The maximum absolute atomic E-state index is 12.4. The minimum Gasteiger partial charge on any atom is -0.481 e. The predicted molar refractivity (Wildman–Crippen MR) is 64.4 cm³/mol. The van der Waals surface area contributed by atoms with Crippen LogP contribution < -0.4 is 5.32 Å². The third kappa shape index (κ3) is 3.12. The van der Waals surface area contributed by atoms with Gasteiger partial charge in [-0.15, -0.1) is 0 Å². The Bertz CT molecular complexity index is 708. The first kappa shape index (κ1) is 14.8. The smallest absolute Gasteiger partial charge is 0.468 e. The second-order valence-corrected chi connectivity index (χ2v) is 4.25. The lowest BCUT2D eigenvalue weighted by Gasteiger charge is -2.07. The summed E-state index contributed by atoms with van der Waals surface area (Å²) in [7, 11) is 0. The van der Waals surface area contributed by atoms with Gasteiger partial charge in [0.1, 0.15) is 11.4 Å². The Hall–Kier alpha value is -2.58. The van der Waals surface area contributed by atoms with E-state index >= 15 is 0 Å². The zero-order chi connectivity index (χ0) is 15.8. The molecule has 0 spiro atoms. The Morgan fingerprint density at radius 2 is 2.05 bits per heavy atom. The number of carboxylic acids is 1. The number of nitrogens with zero attached hydrogens (tertiary/aromatic N) is 1. The highest BCUT2D eigenvalue weighted by molar-refractivity contribution is 6.04. The van der Waals surface area contributed by atoms with E-state index in [0.29, 0.717) is 0 Å². The van der Waals surface area contributed by atoms with Gasteiger partial charge >= 0.3 is 18.0 Å². The number of nitrogens with one attached hydrogen (secondary N) is 1. The van der Waals surface area contributed by atoms with Crippen molar-refractivity contribution in [1.29, 1.82) is 0 Å². The average Bonchev–Trinajstić information content (AvgIpc) is 2.80. The normalized spacial score (nSPS) is 13.1. The first-order chi connectivity index (χ1) is 9.68. The summed E-state index contributed by atoms with van der Waals surface area (Å²) in [4.78, 5) is 25.5. The molecule has 0 fully saturated rings. The van der Waals surface area contributed by atoms with E-state index in [-0.39, 0.29) is 16.8 Å². The first-order valence-electron chi connectivity index (χ1n) is 5.70. The van der Waals surface area contributed by atoms with Crippen molar-refractivity contribution in [2.75, 3.05) is 5.32 Å². The van der Waals surface area contributed by atoms with Gasteiger partial charge in [-0.05, 0) is 25.1 Å². The Balaban J connectivity index is 2.27. The minimum absolute atomic E-state index is 0.0911. The molecule has 21 heavy (non-hydrogen) atoms. The monoisotopic (exact) mass is 302 g/mol. The molecule has 0 bridgehead atoms. The van der Waals surface area contributed by atoms with Gasteiger partial charge in [-0.25, -0.2) is 4.98 Å². The van der Waals surface area contributed by atoms with E-state index in [1.807, 2.05) is 0 Å². The quantitative estimate of drug-likeness (QED) is 0.850. The van der Waals surface area contributed by atoms with Crippen molar-refractivity contribution >= 4 is 28.7 Å². The maximum Gasteiger partial charge on any atom is 0.468 e. The van der Waals surface area contributed by atoms with E-state index in [9.17, 15) is 22.8 Å². The summed E-state index contributed by atoms with van der Waals surface area (Å²) in [5, 5.41) is 11.0. The summed E-state index contributed by atoms with van der Waals surface area (Å²) >= 11 is 0. The largest absolute Gasteiger partial charge is 0.481 e. The van der Waals surface area contributed by atoms with Crippen LogP contribution in [0.2, 0.25) is 0 Å². The van der Waals surface area contributed by atoms with Gasteiger partial charge in [-0.2, -0.15) is 13.2 Å². The number of carboxylic acid groups (broad SMARTS) is 1. The van der Waals surface area contributed by atoms with Crippen molar-refractivity contribution in [2.24, 2.45) is 5.92 Å². The van der Waals surface area contributed by atoms with E-state index in [1.54, 1.807) is 0 Å². The lowest BCUT2D eigenvalue weighted by atomic mass is 10.1. The van der Waals surface area contributed by atoms with Gasteiger partial charge in [-0.1, -0.05) is 0 Å². The highest BCUT2D eigenvalue weighted by Crippen LogP contribution is 2.31. The molecule has 2 rings (SSSR count). The van der Waals surface area contributed by atoms with Crippen molar-refractivity contribution in [3.05, 3.63) is 24.1 Å². The number of hydrogen-bond donors (Lipinski definition) is 2. The third-order valence-corrected chi connectivity index (χ3v) is 2.66. The van der Waals surface area contributed by atoms with E-state index in [0.717, 1.165) is 0 Å². The molecule has 6 nitrogen and oxygen atoms in total. The summed E-state index contributed by atoms with van der Waals surface area (Å²) in [6, 6.07) is 3.67. The van der Waals surface area contributed by atoms with Gasteiger partial charge < -0.3 is 14.8 Å². The molecule has 0 aliphatic carbocycles. The number of amides is 1. The molecule has 0 aliphatic heterocycles. The van der Waals surface area contributed by atoms with Crippen LogP contribution in [-0.2, 0) is 15.8 Å².